The lowest BCUT2D eigenvalue weighted by Gasteiger charge is -2.23. The number of ether oxygens (including phenoxy) is 1. The van der Waals surface area contributed by atoms with Gasteiger partial charge in [0.05, 0.1) is 19.8 Å². The van der Waals surface area contributed by atoms with Crippen LogP contribution in [-0.2, 0) is 6.54 Å². The van der Waals surface area contributed by atoms with E-state index in [9.17, 15) is 5.11 Å². The lowest BCUT2D eigenvalue weighted by atomic mass is 10.0. The second-order valence-electron chi connectivity index (χ2n) is 5.34. The number of nitrogens with zero attached hydrogens (tertiary/aromatic N) is 3. The van der Waals surface area contributed by atoms with Crippen molar-refractivity contribution in [2.24, 2.45) is 0 Å². The van der Waals surface area contributed by atoms with E-state index in [1.807, 2.05) is 18.2 Å². The third kappa shape index (κ3) is 3.06. The third-order valence-electron chi connectivity index (χ3n) is 3.77. The molecule has 2 aromatic rings. The highest BCUT2D eigenvalue weighted by Gasteiger charge is 2.33. The molecule has 0 radical (unpaired) electrons. The van der Waals surface area contributed by atoms with Crippen LogP contribution in [0.1, 0.15) is 29.7 Å². The highest BCUT2D eigenvalue weighted by Crippen LogP contribution is 2.34. The number of likely N-dealkylation sites (tertiary alicyclic amines) is 1. The van der Waals surface area contributed by atoms with Gasteiger partial charge in [0, 0.05) is 19.5 Å². The second kappa shape index (κ2) is 5.83. The van der Waals surface area contributed by atoms with Crippen LogP contribution in [0.3, 0.4) is 0 Å². The normalized spacial score (nSPS) is 22.6. The van der Waals surface area contributed by atoms with E-state index >= 15 is 0 Å². The average Bonchev–Trinajstić information content (AvgIpc) is 3.05. The number of methoxy groups -OCH3 is 1. The van der Waals surface area contributed by atoms with Gasteiger partial charge in [-0.1, -0.05) is 17.3 Å². The van der Waals surface area contributed by atoms with Crippen LogP contribution in [0.15, 0.2) is 28.8 Å². The lowest BCUT2D eigenvalue weighted by molar-refractivity contribution is 0.170. The van der Waals surface area contributed by atoms with Crippen LogP contribution in [0, 0.1) is 6.92 Å². The Labute approximate surface area is 123 Å². The van der Waals surface area contributed by atoms with Crippen molar-refractivity contribution in [2.75, 3.05) is 13.7 Å². The van der Waals surface area contributed by atoms with Crippen LogP contribution in [0.2, 0.25) is 0 Å². The van der Waals surface area contributed by atoms with Gasteiger partial charge in [-0.15, -0.1) is 0 Å². The summed E-state index contributed by atoms with van der Waals surface area (Å²) < 4.78 is 10.3. The van der Waals surface area contributed by atoms with Gasteiger partial charge in [-0.3, -0.25) is 4.90 Å². The minimum absolute atomic E-state index is 0.133. The van der Waals surface area contributed by atoms with Crippen molar-refractivity contribution < 1.29 is 14.4 Å². The first-order valence-corrected chi connectivity index (χ1v) is 7.01. The Morgan fingerprint density at radius 2 is 2.33 bits per heavy atom. The van der Waals surface area contributed by atoms with E-state index in [2.05, 4.69) is 21.1 Å². The first kappa shape index (κ1) is 14.0. The van der Waals surface area contributed by atoms with Gasteiger partial charge in [0.15, 0.2) is 5.82 Å². The molecule has 6 nitrogen and oxygen atoms in total. The molecule has 1 aromatic carbocycles. The molecule has 0 aliphatic carbocycles. The Morgan fingerprint density at radius 3 is 3.05 bits per heavy atom. The summed E-state index contributed by atoms with van der Waals surface area (Å²) in [6.45, 7) is 2.95. The van der Waals surface area contributed by atoms with Crippen molar-refractivity contribution in [3.05, 3.63) is 41.5 Å². The van der Waals surface area contributed by atoms with Gasteiger partial charge in [0.2, 0.25) is 5.89 Å². The summed E-state index contributed by atoms with van der Waals surface area (Å²) in [6, 6.07) is 8.09. The summed E-state index contributed by atoms with van der Waals surface area (Å²) in [4.78, 5) is 6.41. The SMILES string of the molecule is COc1cccc([C@H]2C[C@@H](O)CN2Cc2noc(C)n2)c1. The van der Waals surface area contributed by atoms with Crippen LogP contribution in [0.5, 0.6) is 5.75 Å². The minimum Gasteiger partial charge on any atom is -0.497 e. The van der Waals surface area contributed by atoms with Gasteiger partial charge in [-0.05, 0) is 24.1 Å². The Balaban J connectivity index is 1.81. The molecule has 1 saturated heterocycles. The summed E-state index contributed by atoms with van der Waals surface area (Å²) in [5.74, 6) is 2.03. The van der Waals surface area contributed by atoms with Crippen molar-refractivity contribution in [2.45, 2.75) is 32.0 Å². The Kier molecular flexibility index (Phi) is 3.90. The van der Waals surface area contributed by atoms with Crippen molar-refractivity contribution >= 4 is 0 Å². The van der Waals surface area contributed by atoms with Crippen LogP contribution in [0.25, 0.3) is 0 Å². The maximum atomic E-state index is 10.0. The van der Waals surface area contributed by atoms with Gasteiger partial charge in [0.1, 0.15) is 5.75 Å². The molecule has 0 spiro atoms. The molecule has 1 N–H and O–H groups in total. The molecular weight excluding hydrogens is 270 g/mol. The summed E-state index contributed by atoms with van der Waals surface area (Å²) in [5.41, 5.74) is 1.13. The van der Waals surface area contributed by atoms with E-state index in [1.165, 1.54) is 0 Å². The fraction of sp³-hybridized carbons (Fsp3) is 0.467. The molecule has 6 heteroatoms. The van der Waals surface area contributed by atoms with E-state index in [1.54, 1.807) is 14.0 Å². The zero-order valence-electron chi connectivity index (χ0n) is 12.2. The van der Waals surface area contributed by atoms with Crippen LogP contribution < -0.4 is 4.74 Å². The molecule has 112 valence electrons. The minimum atomic E-state index is -0.339. The fourth-order valence-electron chi connectivity index (χ4n) is 2.84. The number of hydrogen-bond donors (Lipinski definition) is 1. The monoisotopic (exact) mass is 289 g/mol. The zero-order chi connectivity index (χ0) is 14.8. The summed E-state index contributed by atoms with van der Waals surface area (Å²) in [5, 5.41) is 13.9. The van der Waals surface area contributed by atoms with Crippen LogP contribution in [0.4, 0.5) is 0 Å². The summed E-state index contributed by atoms with van der Waals surface area (Å²) >= 11 is 0. The van der Waals surface area contributed by atoms with Crippen molar-refractivity contribution in [1.82, 2.24) is 15.0 Å². The van der Waals surface area contributed by atoms with Crippen molar-refractivity contribution in [3.63, 3.8) is 0 Å². The number of aryl methyl sites for hydroxylation is 1. The summed E-state index contributed by atoms with van der Waals surface area (Å²) in [6.07, 6.45) is 0.360. The molecular formula is C15H19N3O3. The summed E-state index contributed by atoms with van der Waals surface area (Å²) in [7, 11) is 1.66. The quantitative estimate of drug-likeness (QED) is 0.923. The number of rotatable bonds is 4. The third-order valence-corrected chi connectivity index (χ3v) is 3.77. The van der Waals surface area contributed by atoms with Gasteiger partial charge in [-0.2, -0.15) is 4.98 Å². The molecule has 3 rings (SSSR count). The predicted molar refractivity (Wildman–Crippen MR) is 75.8 cm³/mol. The van der Waals surface area contributed by atoms with Gasteiger partial charge in [-0.25, -0.2) is 0 Å². The maximum absolute atomic E-state index is 10.0. The molecule has 1 aliphatic rings. The zero-order valence-corrected chi connectivity index (χ0v) is 12.2. The first-order valence-electron chi connectivity index (χ1n) is 7.01. The average molecular weight is 289 g/mol. The van der Waals surface area contributed by atoms with Gasteiger partial charge >= 0.3 is 0 Å². The molecule has 0 amide bonds. The molecule has 0 bridgehead atoms. The number of benzene rings is 1. The highest BCUT2D eigenvalue weighted by molar-refractivity contribution is 5.31. The first-order chi connectivity index (χ1) is 10.2. The van der Waals surface area contributed by atoms with Crippen molar-refractivity contribution in [3.8, 4) is 5.75 Å². The Morgan fingerprint density at radius 1 is 1.48 bits per heavy atom. The lowest BCUT2D eigenvalue weighted by Crippen LogP contribution is -2.25. The number of aliphatic hydroxyl groups excluding tert-OH is 1. The topological polar surface area (TPSA) is 71.6 Å². The molecule has 2 heterocycles. The number of hydrogen-bond acceptors (Lipinski definition) is 6. The number of aromatic nitrogens is 2. The van der Waals surface area contributed by atoms with E-state index in [0.717, 1.165) is 11.3 Å². The Bertz CT molecular complexity index is 614. The van der Waals surface area contributed by atoms with Crippen LogP contribution in [-0.4, -0.2) is 39.9 Å². The van der Waals surface area contributed by atoms with E-state index < -0.39 is 0 Å². The molecule has 1 aliphatic heterocycles. The predicted octanol–water partition coefficient (Wildman–Crippen LogP) is 1.69. The highest BCUT2D eigenvalue weighted by atomic mass is 16.5. The largest absolute Gasteiger partial charge is 0.497 e. The molecule has 0 saturated carbocycles. The van der Waals surface area contributed by atoms with E-state index in [4.69, 9.17) is 9.26 Å². The van der Waals surface area contributed by atoms with Crippen molar-refractivity contribution in [1.29, 1.82) is 0 Å². The molecule has 0 unspecified atom stereocenters. The number of aliphatic hydroxyl groups is 1. The molecule has 2 atom stereocenters. The van der Waals surface area contributed by atoms with E-state index in [0.29, 0.717) is 31.2 Å². The fourth-order valence-corrected chi connectivity index (χ4v) is 2.84. The Hall–Kier alpha value is -1.92. The van der Waals surface area contributed by atoms with E-state index in [-0.39, 0.29) is 12.1 Å². The molecule has 1 aromatic heterocycles. The molecule has 21 heavy (non-hydrogen) atoms. The van der Waals surface area contributed by atoms with Crippen LogP contribution >= 0.6 is 0 Å². The van der Waals surface area contributed by atoms with Gasteiger partial charge < -0.3 is 14.4 Å². The standard InChI is InChI=1S/C15H19N3O3/c1-10-16-15(17-21-10)9-18-8-12(19)7-14(18)11-4-3-5-13(6-11)20-2/h3-6,12,14,19H,7-9H2,1-2H3/t12-,14-/m1/s1. The maximum Gasteiger partial charge on any atom is 0.223 e. The molecule has 1 fully saturated rings. The number of β-amino-alcohol motifs (C(OH)–C–C–N with tert-alkyl or cyclic N) is 1. The van der Waals surface area contributed by atoms with Gasteiger partial charge in [0.25, 0.3) is 0 Å². The second-order valence-corrected chi connectivity index (χ2v) is 5.34. The smallest absolute Gasteiger partial charge is 0.223 e.